The van der Waals surface area contributed by atoms with E-state index in [0.717, 1.165) is 76.0 Å². The van der Waals surface area contributed by atoms with Crippen molar-refractivity contribution in [3.05, 3.63) is 60.3 Å². The number of piperazine rings is 1. The van der Waals surface area contributed by atoms with Crippen LogP contribution in [0.25, 0.3) is 11.3 Å². The van der Waals surface area contributed by atoms with Crippen LogP contribution in [-0.4, -0.2) is 114 Å². The fourth-order valence-electron chi connectivity index (χ4n) is 8.99. The average Bonchev–Trinajstić information content (AvgIpc) is 3.24. The van der Waals surface area contributed by atoms with E-state index in [0.29, 0.717) is 61.7 Å². The molecule has 1 unspecified atom stereocenters. The summed E-state index contributed by atoms with van der Waals surface area (Å²) in [6.07, 6.45) is 9.84. The summed E-state index contributed by atoms with van der Waals surface area (Å²) in [5.74, 6) is -1.07. The van der Waals surface area contributed by atoms with E-state index in [-0.39, 0.29) is 42.3 Å². The fraction of sp³-hybridized carbons (Fsp3) is 0.548. The van der Waals surface area contributed by atoms with Gasteiger partial charge in [0.25, 0.3) is 0 Å². The molecule has 0 bridgehead atoms. The highest BCUT2D eigenvalue weighted by Gasteiger charge is 2.33. The molecule has 15 heteroatoms. The predicted octanol–water partition coefficient (Wildman–Crippen LogP) is 5.78. The molecular weight excluding hydrogens is 733 g/mol. The number of imide groups is 1. The Morgan fingerprint density at radius 3 is 2.30 bits per heavy atom. The minimum absolute atomic E-state index is 0.104. The lowest BCUT2D eigenvalue weighted by atomic mass is 9.93. The van der Waals surface area contributed by atoms with Crippen LogP contribution in [0.1, 0.15) is 70.6 Å². The van der Waals surface area contributed by atoms with Gasteiger partial charge >= 0.3 is 6.09 Å². The number of anilines is 4. The molecule has 2 aromatic carbocycles. The smallest absolute Gasteiger partial charge is 0.410 e. The quantitative estimate of drug-likeness (QED) is 0.228. The summed E-state index contributed by atoms with van der Waals surface area (Å²) in [6, 6.07) is 12.8. The number of rotatable bonds is 9. The lowest BCUT2D eigenvalue weighted by Crippen LogP contribution is -2.54. The van der Waals surface area contributed by atoms with Crippen molar-refractivity contribution in [3.8, 4) is 11.3 Å². The number of hydrogen-bond donors (Lipinski definition) is 3. The Balaban J connectivity index is 0.750. The average molecular weight is 786 g/mol. The summed E-state index contributed by atoms with van der Waals surface area (Å²) in [6.45, 7) is 6.30. The molecule has 1 saturated carbocycles. The van der Waals surface area contributed by atoms with Crippen molar-refractivity contribution in [1.82, 2.24) is 25.1 Å². The first-order valence-corrected chi connectivity index (χ1v) is 20.7. The molecule has 1 atom stereocenters. The van der Waals surface area contributed by atoms with Crippen molar-refractivity contribution in [2.75, 3.05) is 72.8 Å². The zero-order chi connectivity index (χ0) is 39.3. The van der Waals surface area contributed by atoms with E-state index in [2.05, 4.69) is 46.7 Å². The monoisotopic (exact) mass is 785 g/mol. The van der Waals surface area contributed by atoms with Crippen LogP contribution in [0.4, 0.5) is 36.6 Å². The Morgan fingerprint density at radius 2 is 1.56 bits per heavy atom. The standard InChI is InChI=1S/C42H53F2N9O4/c43-34-26-30(46-36-12-14-38(54)48-40(36)55)9-13-37(34)52-23-21-51(22-24-52)31-15-19-53(20-16-31)42(56)57-33-10-7-29(8-11-33)47-41-45-27-35(44)39(49-41)28-5-4-6-32(25-28)50-17-2-1-3-18-50/h4-6,9,13,25-27,29,31,33,36,46H,1-3,7-8,10-12,14-24H2,(H,45,47,49)(H,48,54,55). The van der Waals surface area contributed by atoms with Gasteiger partial charge < -0.3 is 30.1 Å². The highest BCUT2D eigenvalue weighted by Crippen LogP contribution is 2.31. The molecular formula is C42H53F2N9O4. The van der Waals surface area contributed by atoms with E-state index >= 15 is 4.39 Å². The number of ether oxygens (including phenoxy) is 1. The summed E-state index contributed by atoms with van der Waals surface area (Å²) >= 11 is 0. The topological polar surface area (TPSA) is 135 Å². The number of carbonyl (C=O) groups excluding carboxylic acids is 3. The Labute approximate surface area is 332 Å². The summed E-state index contributed by atoms with van der Waals surface area (Å²) in [4.78, 5) is 54.2. The number of benzene rings is 2. The number of nitrogens with zero attached hydrogens (tertiary/aromatic N) is 6. The van der Waals surface area contributed by atoms with Gasteiger partial charge in [-0.2, -0.15) is 0 Å². The fourth-order valence-corrected chi connectivity index (χ4v) is 8.99. The largest absolute Gasteiger partial charge is 0.446 e. The second kappa shape index (κ2) is 17.6. The first-order chi connectivity index (χ1) is 27.8. The van der Waals surface area contributed by atoms with E-state index in [1.165, 1.54) is 31.5 Å². The lowest BCUT2D eigenvalue weighted by molar-refractivity contribution is -0.133. The second-order valence-corrected chi connectivity index (χ2v) is 16.0. The Kier molecular flexibility index (Phi) is 12.0. The van der Waals surface area contributed by atoms with Crippen LogP contribution >= 0.6 is 0 Å². The van der Waals surface area contributed by atoms with Crippen molar-refractivity contribution in [1.29, 1.82) is 0 Å². The molecule has 4 aliphatic heterocycles. The van der Waals surface area contributed by atoms with Gasteiger partial charge in [-0.1, -0.05) is 12.1 Å². The number of nitrogens with one attached hydrogen (secondary N) is 3. The summed E-state index contributed by atoms with van der Waals surface area (Å²) in [7, 11) is 0. The molecule has 3 amide bonds. The molecule has 5 aliphatic rings. The molecule has 8 rings (SSSR count). The van der Waals surface area contributed by atoms with Crippen LogP contribution in [0.3, 0.4) is 0 Å². The van der Waals surface area contributed by atoms with Crippen molar-refractivity contribution < 1.29 is 27.9 Å². The van der Waals surface area contributed by atoms with E-state index in [1.54, 1.807) is 12.1 Å². The first-order valence-electron chi connectivity index (χ1n) is 20.7. The molecule has 3 aromatic rings. The van der Waals surface area contributed by atoms with Crippen molar-refractivity contribution in [2.45, 2.75) is 94.9 Å². The maximum atomic E-state index is 15.2. The molecule has 1 aromatic heterocycles. The SMILES string of the molecule is O=C1CCC(Nc2ccc(N3CCN(C4CCN(C(=O)OC5CCC(Nc6ncc(F)c(-c7cccc(N8CCCCC8)c7)n6)CC5)CC4)CC3)c(F)c2)C(=O)N1. The van der Waals surface area contributed by atoms with Gasteiger partial charge in [0.05, 0.1) is 11.9 Å². The highest BCUT2D eigenvalue weighted by atomic mass is 19.1. The predicted molar refractivity (Wildman–Crippen MR) is 214 cm³/mol. The normalized spacial score (nSPS) is 23.9. The van der Waals surface area contributed by atoms with E-state index in [4.69, 9.17) is 4.74 Å². The van der Waals surface area contributed by atoms with E-state index in [9.17, 15) is 18.8 Å². The number of likely N-dealkylation sites (tertiary alicyclic amines) is 1. The zero-order valence-electron chi connectivity index (χ0n) is 32.4. The summed E-state index contributed by atoms with van der Waals surface area (Å²) < 4.78 is 36.2. The number of aromatic nitrogens is 2. The third kappa shape index (κ3) is 9.40. The van der Waals surface area contributed by atoms with Crippen LogP contribution in [0.15, 0.2) is 48.7 Å². The molecule has 3 N–H and O–H groups in total. The van der Waals surface area contributed by atoms with Crippen LogP contribution in [-0.2, 0) is 14.3 Å². The summed E-state index contributed by atoms with van der Waals surface area (Å²) in [5.41, 5.74) is 3.17. The maximum Gasteiger partial charge on any atom is 0.410 e. The number of carbonyl (C=O) groups is 3. The lowest BCUT2D eigenvalue weighted by Gasteiger charge is -2.43. The van der Waals surface area contributed by atoms with Gasteiger partial charge in [-0.15, -0.1) is 0 Å². The van der Waals surface area contributed by atoms with Crippen LogP contribution in [0.5, 0.6) is 0 Å². The summed E-state index contributed by atoms with van der Waals surface area (Å²) in [5, 5.41) is 8.77. The van der Waals surface area contributed by atoms with Crippen LogP contribution < -0.4 is 25.8 Å². The number of halogens is 2. The molecule has 5 heterocycles. The van der Waals surface area contributed by atoms with Gasteiger partial charge in [0.15, 0.2) is 5.82 Å². The van der Waals surface area contributed by atoms with Gasteiger partial charge in [-0.3, -0.25) is 19.8 Å². The molecule has 4 saturated heterocycles. The third-order valence-electron chi connectivity index (χ3n) is 12.3. The Bertz CT molecular complexity index is 1910. The van der Waals surface area contributed by atoms with E-state index < -0.39 is 11.9 Å². The first kappa shape index (κ1) is 38.8. The molecule has 304 valence electrons. The molecule has 5 fully saturated rings. The number of piperidine rings is 3. The second-order valence-electron chi connectivity index (χ2n) is 16.0. The van der Waals surface area contributed by atoms with Crippen molar-refractivity contribution in [3.63, 3.8) is 0 Å². The molecule has 1 aliphatic carbocycles. The van der Waals surface area contributed by atoms with Gasteiger partial charge in [-0.05, 0) is 94.5 Å². The molecule has 0 spiro atoms. The number of hydrogen-bond acceptors (Lipinski definition) is 11. The van der Waals surface area contributed by atoms with Gasteiger partial charge in [-0.25, -0.2) is 23.5 Å². The Hall–Kier alpha value is -5.05. The molecule has 13 nitrogen and oxygen atoms in total. The van der Waals surface area contributed by atoms with Crippen molar-refractivity contribution >= 4 is 40.9 Å². The van der Waals surface area contributed by atoms with E-state index in [1.807, 2.05) is 23.1 Å². The van der Waals surface area contributed by atoms with Crippen LogP contribution in [0.2, 0.25) is 0 Å². The van der Waals surface area contributed by atoms with Gasteiger partial charge in [0, 0.05) is 87.8 Å². The van der Waals surface area contributed by atoms with Crippen molar-refractivity contribution in [2.24, 2.45) is 0 Å². The maximum absolute atomic E-state index is 15.2. The minimum atomic E-state index is -0.563. The Morgan fingerprint density at radius 1 is 0.789 bits per heavy atom. The third-order valence-corrected chi connectivity index (χ3v) is 12.3. The number of amides is 3. The van der Waals surface area contributed by atoms with Gasteiger partial charge in [0.1, 0.15) is 23.7 Å². The zero-order valence-corrected chi connectivity index (χ0v) is 32.4. The van der Waals surface area contributed by atoms with Gasteiger partial charge in [0.2, 0.25) is 17.8 Å². The molecule has 0 radical (unpaired) electrons. The minimum Gasteiger partial charge on any atom is -0.446 e. The highest BCUT2D eigenvalue weighted by molar-refractivity contribution is 6.01. The van der Waals surface area contributed by atoms with Crippen LogP contribution in [0, 0.1) is 11.6 Å². The molecule has 57 heavy (non-hydrogen) atoms.